The van der Waals surface area contributed by atoms with Crippen LogP contribution in [0.4, 0.5) is 0 Å². The van der Waals surface area contributed by atoms with Gasteiger partial charge in [0, 0.05) is 6.20 Å². The summed E-state index contributed by atoms with van der Waals surface area (Å²) < 4.78 is 1.83. The average Bonchev–Trinajstić information content (AvgIpc) is 2.57. The zero-order valence-electron chi connectivity index (χ0n) is 9.19. The molecule has 0 fully saturated rings. The number of imidazole rings is 1. The van der Waals surface area contributed by atoms with Gasteiger partial charge in [-0.3, -0.25) is 9.20 Å². The van der Waals surface area contributed by atoms with Crippen molar-refractivity contribution in [2.24, 2.45) is 0 Å². The van der Waals surface area contributed by atoms with Crippen LogP contribution in [0.15, 0.2) is 24.5 Å². The lowest BCUT2D eigenvalue weighted by molar-refractivity contribution is 0.111. The van der Waals surface area contributed by atoms with Crippen molar-refractivity contribution in [2.45, 2.75) is 26.2 Å². The first-order valence-corrected chi connectivity index (χ1v) is 4.95. The lowest BCUT2D eigenvalue weighted by Gasteiger charge is -2.18. The van der Waals surface area contributed by atoms with Crippen molar-refractivity contribution >= 4 is 11.9 Å². The molecule has 2 aromatic heterocycles. The first-order valence-electron chi connectivity index (χ1n) is 4.95. The number of nitrogens with zero attached hydrogens (tertiary/aromatic N) is 2. The molecule has 3 heteroatoms. The summed E-state index contributed by atoms with van der Waals surface area (Å²) in [7, 11) is 0. The third-order valence-electron chi connectivity index (χ3n) is 2.52. The van der Waals surface area contributed by atoms with Gasteiger partial charge in [-0.15, -0.1) is 0 Å². The summed E-state index contributed by atoms with van der Waals surface area (Å²) in [5.74, 6) is 0. The second-order valence-corrected chi connectivity index (χ2v) is 4.70. The van der Waals surface area contributed by atoms with Gasteiger partial charge in [-0.25, -0.2) is 4.98 Å². The Labute approximate surface area is 88.8 Å². The summed E-state index contributed by atoms with van der Waals surface area (Å²) in [5.41, 5.74) is 2.68. The molecule has 0 aliphatic heterocycles. The first kappa shape index (κ1) is 9.90. The molecule has 0 atom stereocenters. The molecule has 0 amide bonds. The van der Waals surface area contributed by atoms with Gasteiger partial charge in [0.1, 0.15) is 11.3 Å². The maximum absolute atomic E-state index is 10.8. The summed E-state index contributed by atoms with van der Waals surface area (Å²) in [6.07, 6.45) is 4.40. The van der Waals surface area contributed by atoms with E-state index in [2.05, 4.69) is 31.8 Å². The van der Waals surface area contributed by atoms with E-state index >= 15 is 0 Å². The standard InChI is InChI=1S/C12H14N2O/c1-12(2,3)9-4-5-11-13-6-10(8-15)14(11)7-9/h4-8H,1-3H3. The number of fused-ring (bicyclic) bond motifs is 1. The Balaban J connectivity index is 2.68. The highest BCUT2D eigenvalue weighted by Gasteiger charge is 2.14. The number of aromatic nitrogens is 2. The fourth-order valence-corrected chi connectivity index (χ4v) is 1.53. The molecule has 15 heavy (non-hydrogen) atoms. The van der Waals surface area contributed by atoms with Crippen LogP contribution >= 0.6 is 0 Å². The number of carbonyl (C=O) groups is 1. The summed E-state index contributed by atoms with van der Waals surface area (Å²) in [5, 5.41) is 0. The molecular formula is C12H14N2O. The van der Waals surface area contributed by atoms with Crippen molar-refractivity contribution in [1.82, 2.24) is 9.38 Å². The Hall–Kier alpha value is -1.64. The minimum absolute atomic E-state index is 0.0820. The van der Waals surface area contributed by atoms with Crippen LogP contribution in [-0.2, 0) is 5.41 Å². The van der Waals surface area contributed by atoms with Gasteiger partial charge >= 0.3 is 0 Å². The molecule has 0 N–H and O–H groups in total. The Morgan fingerprint density at radius 2 is 2.07 bits per heavy atom. The molecule has 78 valence electrons. The van der Waals surface area contributed by atoms with Crippen molar-refractivity contribution in [3.8, 4) is 0 Å². The highest BCUT2D eigenvalue weighted by molar-refractivity contribution is 5.73. The van der Waals surface area contributed by atoms with E-state index in [0.717, 1.165) is 11.9 Å². The normalized spacial score (nSPS) is 11.9. The molecule has 0 bridgehead atoms. The summed E-state index contributed by atoms with van der Waals surface area (Å²) in [6.45, 7) is 6.43. The Kier molecular flexibility index (Phi) is 2.11. The van der Waals surface area contributed by atoms with E-state index in [9.17, 15) is 4.79 Å². The molecule has 2 heterocycles. The molecule has 0 radical (unpaired) electrons. The molecule has 0 saturated carbocycles. The molecule has 2 rings (SSSR count). The predicted molar refractivity (Wildman–Crippen MR) is 59.3 cm³/mol. The fraction of sp³-hybridized carbons (Fsp3) is 0.333. The maximum atomic E-state index is 10.8. The first-order chi connectivity index (χ1) is 7.02. The molecule has 2 aromatic rings. The van der Waals surface area contributed by atoms with Crippen LogP contribution in [0.3, 0.4) is 0 Å². The van der Waals surface area contributed by atoms with Gasteiger partial charge in [0.05, 0.1) is 6.20 Å². The van der Waals surface area contributed by atoms with E-state index in [1.54, 1.807) is 6.20 Å². The lowest BCUT2D eigenvalue weighted by atomic mass is 9.88. The van der Waals surface area contributed by atoms with Crippen LogP contribution in [-0.4, -0.2) is 15.7 Å². The van der Waals surface area contributed by atoms with Gasteiger partial charge in [0.2, 0.25) is 0 Å². The lowest BCUT2D eigenvalue weighted by Crippen LogP contribution is -2.12. The number of pyridine rings is 1. The second-order valence-electron chi connectivity index (χ2n) is 4.70. The Morgan fingerprint density at radius 1 is 1.33 bits per heavy atom. The smallest absolute Gasteiger partial charge is 0.168 e. The highest BCUT2D eigenvalue weighted by Crippen LogP contribution is 2.22. The minimum Gasteiger partial charge on any atom is -0.297 e. The van der Waals surface area contributed by atoms with E-state index in [1.807, 2.05) is 16.7 Å². The molecule has 0 aromatic carbocycles. The molecule has 3 nitrogen and oxygen atoms in total. The van der Waals surface area contributed by atoms with Gasteiger partial charge < -0.3 is 0 Å². The van der Waals surface area contributed by atoms with Crippen LogP contribution in [0.2, 0.25) is 0 Å². The Morgan fingerprint density at radius 3 is 2.67 bits per heavy atom. The molecule has 0 saturated heterocycles. The van der Waals surface area contributed by atoms with Crippen molar-refractivity contribution in [2.75, 3.05) is 0 Å². The zero-order valence-corrected chi connectivity index (χ0v) is 9.19. The third kappa shape index (κ3) is 1.65. The SMILES string of the molecule is CC(C)(C)c1ccc2ncc(C=O)n2c1. The van der Waals surface area contributed by atoms with Gasteiger partial charge in [0.15, 0.2) is 6.29 Å². The topological polar surface area (TPSA) is 34.4 Å². The van der Waals surface area contributed by atoms with E-state index in [-0.39, 0.29) is 5.41 Å². The van der Waals surface area contributed by atoms with Crippen LogP contribution in [0.25, 0.3) is 5.65 Å². The molecule has 0 aliphatic rings. The van der Waals surface area contributed by atoms with Gasteiger partial charge in [-0.05, 0) is 17.0 Å². The predicted octanol–water partition coefficient (Wildman–Crippen LogP) is 2.44. The van der Waals surface area contributed by atoms with Crippen LogP contribution < -0.4 is 0 Å². The van der Waals surface area contributed by atoms with E-state index in [0.29, 0.717) is 5.69 Å². The number of carbonyl (C=O) groups excluding carboxylic acids is 1. The Bertz CT molecular complexity index is 506. The highest BCUT2D eigenvalue weighted by atomic mass is 16.1. The van der Waals surface area contributed by atoms with Crippen LogP contribution in [0.1, 0.15) is 36.8 Å². The van der Waals surface area contributed by atoms with E-state index < -0.39 is 0 Å². The van der Waals surface area contributed by atoms with Gasteiger partial charge in [-0.2, -0.15) is 0 Å². The number of rotatable bonds is 1. The molecule has 0 aliphatic carbocycles. The molecular weight excluding hydrogens is 188 g/mol. The second kappa shape index (κ2) is 3.19. The third-order valence-corrected chi connectivity index (χ3v) is 2.52. The van der Waals surface area contributed by atoms with Crippen molar-refractivity contribution < 1.29 is 4.79 Å². The van der Waals surface area contributed by atoms with Crippen molar-refractivity contribution in [3.05, 3.63) is 35.8 Å². The average molecular weight is 202 g/mol. The van der Waals surface area contributed by atoms with Crippen LogP contribution in [0, 0.1) is 0 Å². The fourth-order valence-electron chi connectivity index (χ4n) is 1.53. The van der Waals surface area contributed by atoms with Crippen LogP contribution in [0.5, 0.6) is 0 Å². The summed E-state index contributed by atoms with van der Waals surface area (Å²) in [6, 6.07) is 3.99. The minimum atomic E-state index is 0.0820. The number of hydrogen-bond donors (Lipinski definition) is 0. The molecule has 0 spiro atoms. The maximum Gasteiger partial charge on any atom is 0.168 e. The van der Waals surface area contributed by atoms with Crippen molar-refractivity contribution in [1.29, 1.82) is 0 Å². The summed E-state index contributed by atoms with van der Waals surface area (Å²) in [4.78, 5) is 14.9. The quantitative estimate of drug-likeness (QED) is 0.666. The van der Waals surface area contributed by atoms with Gasteiger partial charge in [0.25, 0.3) is 0 Å². The summed E-state index contributed by atoms with van der Waals surface area (Å²) >= 11 is 0. The van der Waals surface area contributed by atoms with Crippen molar-refractivity contribution in [3.63, 3.8) is 0 Å². The van der Waals surface area contributed by atoms with Gasteiger partial charge in [-0.1, -0.05) is 26.8 Å². The number of aldehydes is 1. The number of hydrogen-bond acceptors (Lipinski definition) is 2. The van der Waals surface area contributed by atoms with E-state index in [1.165, 1.54) is 5.56 Å². The zero-order chi connectivity index (χ0) is 11.1. The monoisotopic (exact) mass is 202 g/mol. The molecule has 0 unspecified atom stereocenters. The van der Waals surface area contributed by atoms with E-state index in [4.69, 9.17) is 0 Å². The largest absolute Gasteiger partial charge is 0.297 e.